The summed E-state index contributed by atoms with van der Waals surface area (Å²) in [6, 6.07) is 9.60. The number of ether oxygens (including phenoxy) is 1. The van der Waals surface area contributed by atoms with Gasteiger partial charge in [0.15, 0.2) is 28.6 Å². The zero-order chi connectivity index (χ0) is 58.8. The minimum atomic E-state index is -1.29. The average Bonchev–Trinajstić information content (AvgIpc) is 3.96. The van der Waals surface area contributed by atoms with Crippen molar-refractivity contribution in [1.29, 1.82) is 0 Å². The molecule has 0 unspecified atom stereocenters. The van der Waals surface area contributed by atoms with Crippen molar-refractivity contribution in [3.05, 3.63) is 88.6 Å². The first-order valence-electron chi connectivity index (χ1n) is 26.0. The Morgan fingerprint density at radius 3 is 2.08 bits per heavy atom. The number of hydrogen-bond donors (Lipinski definition) is 8. The number of Topliss-reactive ketones (excluding diaryl/α,β-unsaturated/α-hetero) is 5. The summed E-state index contributed by atoms with van der Waals surface area (Å²) < 4.78 is 11.3. The van der Waals surface area contributed by atoms with Gasteiger partial charge in [-0.15, -0.1) is 0 Å². The van der Waals surface area contributed by atoms with E-state index in [9.17, 15) is 72.9 Å². The maximum atomic E-state index is 13.6. The number of carboxylic acid groups (broad SMARTS) is 1. The normalized spacial score (nSPS) is 13.9. The molecular formula is C57H66N6O17. The van der Waals surface area contributed by atoms with Gasteiger partial charge in [0.2, 0.25) is 23.6 Å². The van der Waals surface area contributed by atoms with E-state index in [0.717, 1.165) is 0 Å². The number of H-pyrrole nitrogens is 1. The lowest BCUT2D eigenvalue weighted by atomic mass is 9.91. The van der Waals surface area contributed by atoms with Crippen LogP contribution in [0.1, 0.15) is 114 Å². The number of amides is 4. The standard InChI is InChI=1S/C57H66N6O17/c1-30(55(76)61-33(4)47(71)21-36(11-17-52(73)74)57(78)63-44(23-38-26-59-28-60-38)48(72)22-37(27-64)54(58)75)18-46(70)32(3)62-56(77)35(19-31(2)66)8-6-5-7-9-45(69)34-10-16-49(79-29-65)43(20-34)53-41-14-12-39(67)24-50(41)80-51-25-40(68)13-15-42(51)53/h10,12-16,20,24-26,28-30,32-33,35-37,44,64,67H,5-9,11,17-19,21-23,27H2,1-4H3,(H2,58,75)(H,59,60)(H,61,76)(H,62,77)(H,63,78)(H,73,74)/t30-,32+,33+,35-,36-,37+,44+/m0/s1. The fraction of sp³-hybridized carbons (Fsp3) is 0.421. The Morgan fingerprint density at radius 1 is 0.750 bits per heavy atom. The van der Waals surface area contributed by atoms with Crippen molar-refractivity contribution in [2.24, 2.45) is 29.4 Å². The van der Waals surface area contributed by atoms with Crippen molar-refractivity contribution >= 4 is 76.0 Å². The molecule has 7 atom stereocenters. The summed E-state index contributed by atoms with van der Waals surface area (Å²) in [5.74, 6) is -10.8. The number of phenolic OH excluding ortho intramolecular Hbond substituents is 1. The predicted octanol–water partition coefficient (Wildman–Crippen LogP) is 4.08. The number of unbranched alkanes of at least 4 members (excludes halogenated alkanes) is 2. The number of aromatic nitrogens is 2. The number of carbonyl (C=O) groups excluding carboxylic acids is 10. The van der Waals surface area contributed by atoms with Crippen LogP contribution < -0.4 is 31.8 Å². The number of carbonyl (C=O) groups is 11. The van der Waals surface area contributed by atoms with Gasteiger partial charge in [-0.1, -0.05) is 19.8 Å². The molecular weight excluding hydrogens is 1040 g/mol. The number of aliphatic hydroxyl groups excluding tert-OH is 1. The van der Waals surface area contributed by atoms with Gasteiger partial charge in [0.1, 0.15) is 28.6 Å². The molecule has 23 heteroatoms. The van der Waals surface area contributed by atoms with E-state index in [4.69, 9.17) is 14.9 Å². The van der Waals surface area contributed by atoms with Gasteiger partial charge in [-0.3, -0.25) is 52.7 Å². The van der Waals surface area contributed by atoms with Crippen LogP contribution >= 0.6 is 0 Å². The smallest absolute Gasteiger partial charge is 0.303 e. The summed E-state index contributed by atoms with van der Waals surface area (Å²) in [6.07, 6.45) is 1.85. The fourth-order valence-electron chi connectivity index (χ4n) is 9.13. The Morgan fingerprint density at radius 2 is 1.43 bits per heavy atom. The highest BCUT2D eigenvalue weighted by Crippen LogP contribution is 2.44. The number of ketones is 5. The molecule has 0 bridgehead atoms. The van der Waals surface area contributed by atoms with E-state index in [1.807, 2.05) is 0 Å². The van der Waals surface area contributed by atoms with Crippen LogP contribution in [0.4, 0.5) is 0 Å². The molecule has 23 nitrogen and oxygen atoms in total. The van der Waals surface area contributed by atoms with Crippen LogP contribution in [-0.4, -0.2) is 115 Å². The molecule has 1 aromatic heterocycles. The van der Waals surface area contributed by atoms with E-state index in [-0.39, 0.29) is 84.8 Å². The average molecular weight is 1110 g/mol. The molecule has 9 N–H and O–H groups in total. The van der Waals surface area contributed by atoms with Crippen LogP contribution in [0, 0.1) is 23.7 Å². The first kappa shape index (κ1) is 62.1. The molecule has 2 heterocycles. The van der Waals surface area contributed by atoms with Gasteiger partial charge in [-0.25, -0.2) is 4.98 Å². The Labute approximate surface area is 459 Å². The van der Waals surface area contributed by atoms with Gasteiger partial charge in [0.05, 0.1) is 37.0 Å². The number of nitrogens with two attached hydrogens (primary N) is 1. The number of aliphatic hydroxyl groups is 1. The third kappa shape index (κ3) is 17.6. The second-order valence-corrected chi connectivity index (χ2v) is 20.0. The lowest BCUT2D eigenvalue weighted by molar-refractivity contribution is -0.139. The highest BCUT2D eigenvalue weighted by Gasteiger charge is 2.33. The molecule has 426 valence electrons. The number of carboxylic acids is 1. The summed E-state index contributed by atoms with van der Waals surface area (Å²) in [5.41, 5.74) is 7.26. The van der Waals surface area contributed by atoms with E-state index in [0.29, 0.717) is 52.6 Å². The van der Waals surface area contributed by atoms with Crippen LogP contribution in [0.5, 0.6) is 11.5 Å². The number of hydrogen-bond acceptors (Lipinski definition) is 17. The number of aliphatic carboxylic acids is 1. The van der Waals surface area contributed by atoms with Gasteiger partial charge in [-0.2, -0.15) is 0 Å². The summed E-state index contributed by atoms with van der Waals surface area (Å²) in [5, 5.41) is 37.4. The molecule has 0 saturated heterocycles. The largest absolute Gasteiger partial charge is 0.508 e. The van der Waals surface area contributed by atoms with Crippen molar-refractivity contribution < 1.29 is 77.2 Å². The number of primary amides is 1. The summed E-state index contributed by atoms with van der Waals surface area (Å²) in [6.45, 7) is 5.05. The molecule has 0 radical (unpaired) electrons. The number of benzene rings is 3. The second kappa shape index (κ2) is 29.3. The molecule has 4 amide bonds. The van der Waals surface area contributed by atoms with Crippen LogP contribution in [0.25, 0.3) is 33.4 Å². The third-order valence-electron chi connectivity index (χ3n) is 13.7. The predicted molar refractivity (Wildman–Crippen MR) is 287 cm³/mol. The monoisotopic (exact) mass is 1110 g/mol. The quantitative estimate of drug-likeness (QED) is 0.0124. The highest BCUT2D eigenvalue weighted by atomic mass is 16.5. The molecule has 0 saturated carbocycles. The van der Waals surface area contributed by atoms with Crippen LogP contribution in [-0.2, 0) is 54.4 Å². The van der Waals surface area contributed by atoms with Crippen molar-refractivity contribution in [3.8, 4) is 33.9 Å². The lowest BCUT2D eigenvalue weighted by Crippen LogP contribution is -2.48. The van der Waals surface area contributed by atoms with Gasteiger partial charge in [0, 0.05) is 114 Å². The Bertz CT molecular complexity index is 3130. The van der Waals surface area contributed by atoms with E-state index in [2.05, 4.69) is 25.9 Å². The van der Waals surface area contributed by atoms with Gasteiger partial charge < -0.3 is 55.9 Å². The van der Waals surface area contributed by atoms with Crippen LogP contribution in [0.15, 0.2) is 76.3 Å². The van der Waals surface area contributed by atoms with Gasteiger partial charge in [0.25, 0.3) is 6.47 Å². The topological polar surface area (TPSA) is 379 Å². The van der Waals surface area contributed by atoms with Crippen molar-refractivity contribution in [2.45, 2.75) is 123 Å². The van der Waals surface area contributed by atoms with Gasteiger partial charge in [-0.05, 0) is 82.5 Å². The summed E-state index contributed by atoms with van der Waals surface area (Å²) in [7, 11) is 0. The zero-order valence-electron chi connectivity index (χ0n) is 44.7. The molecule has 1 aliphatic heterocycles. The fourth-order valence-corrected chi connectivity index (χ4v) is 9.13. The molecule has 5 rings (SSSR count). The number of phenols is 1. The van der Waals surface area contributed by atoms with E-state index < -0.39 is 115 Å². The third-order valence-corrected chi connectivity index (χ3v) is 13.7. The Kier molecular flexibility index (Phi) is 22.8. The molecule has 2 aromatic carbocycles. The van der Waals surface area contributed by atoms with Crippen LogP contribution in [0.3, 0.4) is 0 Å². The first-order valence-corrected chi connectivity index (χ1v) is 26.0. The molecule has 0 spiro atoms. The van der Waals surface area contributed by atoms with Gasteiger partial charge >= 0.3 is 5.97 Å². The van der Waals surface area contributed by atoms with Crippen LogP contribution in [0.2, 0.25) is 0 Å². The summed E-state index contributed by atoms with van der Waals surface area (Å²) in [4.78, 5) is 160. The Hall–Kier alpha value is -8.73. The first-order chi connectivity index (χ1) is 38.0. The maximum Gasteiger partial charge on any atom is 0.303 e. The lowest BCUT2D eigenvalue weighted by Gasteiger charge is -2.24. The number of aromatic amines is 1. The number of nitrogens with one attached hydrogen (secondary N) is 4. The molecule has 80 heavy (non-hydrogen) atoms. The Balaban J connectivity index is 1.13. The van der Waals surface area contributed by atoms with E-state index >= 15 is 0 Å². The number of aromatic hydroxyl groups is 1. The molecule has 0 fully saturated rings. The molecule has 1 aliphatic carbocycles. The summed E-state index contributed by atoms with van der Waals surface area (Å²) >= 11 is 0. The zero-order valence-corrected chi connectivity index (χ0v) is 44.7. The SMILES string of the molecule is CC(=O)C[C@H](CCCCCC(=O)c1ccc(OC=O)c(-c2c3ccc(=O)cc-3oc3cc(O)ccc23)c1)C(=O)N[C@H](C)C(=O)C[C@H](C)C(=O)N[C@H](C)C(=O)C[C@H](CCC(=O)O)C(=O)N[C@H](Cc1cnc[nH]1)C(=O)C[C@H](CO)C(N)=O. The number of fused-ring (bicyclic) bond motifs is 2. The highest BCUT2D eigenvalue weighted by molar-refractivity contribution is 6.06. The number of nitrogens with zero attached hydrogens (tertiary/aromatic N) is 1. The van der Waals surface area contributed by atoms with Crippen molar-refractivity contribution in [3.63, 3.8) is 0 Å². The minimum absolute atomic E-state index is 0.0907. The van der Waals surface area contributed by atoms with Crippen molar-refractivity contribution in [1.82, 2.24) is 25.9 Å². The molecule has 3 aromatic rings. The maximum absolute atomic E-state index is 13.6. The minimum Gasteiger partial charge on any atom is -0.508 e. The van der Waals surface area contributed by atoms with Crippen molar-refractivity contribution in [2.75, 3.05) is 6.61 Å². The van der Waals surface area contributed by atoms with E-state index in [1.165, 1.54) is 76.6 Å². The number of imidazole rings is 1. The number of rotatable bonds is 34. The molecule has 2 aliphatic rings. The second-order valence-electron chi connectivity index (χ2n) is 20.0. The van der Waals surface area contributed by atoms with E-state index in [1.54, 1.807) is 18.2 Å².